The van der Waals surface area contributed by atoms with E-state index in [1.54, 1.807) is 6.92 Å². The van der Waals surface area contributed by atoms with Gasteiger partial charge in [0.2, 0.25) is 0 Å². The Morgan fingerprint density at radius 2 is 2.05 bits per heavy atom. The summed E-state index contributed by atoms with van der Waals surface area (Å²) in [5, 5.41) is 11.9. The first kappa shape index (κ1) is 13.1. The summed E-state index contributed by atoms with van der Waals surface area (Å²) in [5.41, 5.74) is 3.24. The van der Waals surface area contributed by atoms with Gasteiger partial charge in [0.1, 0.15) is 12.4 Å². The Balaban J connectivity index is 2.08. The first-order valence-electron chi connectivity index (χ1n) is 6.03. The van der Waals surface area contributed by atoms with Gasteiger partial charge in [-0.3, -0.25) is 4.98 Å². The maximum atomic E-state index is 8.75. The first-order valence-corrected chi connectivity index (χ1v) is 6.03. The summed E-state index contributed by atoms with van der Waals surface area (Å²) in [7, 11) is 0. The molecule has 0 bridgehead atoms. The van der Waals surface area contributed by atoms with Crippen LogP contribution in [0.5, 0.6) is 5.75 Å². The number of benzene rings is 1. The van der Waals surface area contributed by atoms with E-state index < -0.39 is 0 Å². The molecular weight excluding hydrogens is 240 g/mol. The molecule has 2 rings (SSSR count). The molecule has 0 aliphatic rings. The first-order chi connectivity index (χ1) is 9.19. The normalized spacial score (nSPS) is 11.4. The number of aromatic nitrogens is 1. The predicted molar refractivity (Wildman–Crippen MR) is 73.7 cm³/mol. The van der Waals surface area contributed by atoms with Crippen LogP contribution in [0.1, 0.15) is 23.9 Å². The van der Waals surface area contributed by atoms with Crippen molar-refractivity contribution in [2.75, 3.05) is 0 Å². The van der Waals surface area contributed by atoms with Gasteiger partial charge in [-0.15, -0.1) is 0 Å². The van der Waals surface area contributed by atoms with E-state index >= 15 is 0 Å². The topological polar surface area (TPSA) is 54.7 Å². The quantitative estimate of drug-likeness (QED) is 0.519. The average molecular weight is 256 g/mol. The lowest BCUT2D eigenvalue weighted by Crippen LogP contribution is -2.00. The third-order valence-electron chi connectivity index (χ3n) is 2.73. The van der Waals surface area contributed by atoms with Gasteiger partial charge in [-0.1, -0.05) is 23.4 Å². The van der Waals surface area contributed by atoms with Gasteiger partial charge in [0.25, 0.3) is 0 Å². The van der Waals surface area contributed by atoms with E-state index in [1.807, 2.05) is 49.4 Å². The van der Waals surface area contributed by atoms with Gasteiger partial charge >= 0.3 is 0 Å². The van der Waals surface area contributed by atoms with Gasteiger partial charge in [-0.05, 0) is 38.1 Å². The van der Waals surface area contributed by atoms with Crippen molar-refractivity contribution in [2.24, 2.45) is 5.16 Å². The van der Waals surface area contributed by atoms with Gasteiger partial charge in [0, 0.05) is 11.3 Å². The van der Waals surface area contributed by atoms with Gasteiger partial charge in [-0.25, -0.2) is 0 Å². The number of oxime groups is 1. The van der Waals surface area contributed by atoms with Crippen LogP contribution in [-0.4, -0.2) is 15.9 Å². The molecule has 0 atom stereocenters. The van der Waals surface area contributed by atoms with Crippen molar-refractivity contribution in [1.29, 1.82) is 0 Å². The molecule has 1 N–H and O–H groups in total. The van der Waals surface area contributed by atoms with E-state index in [-0.39, 0.29) is 0 Å². The van der Waals surface area contributed by atoms with Crippen LogP contribution in [0.3, 0.4) is 0 Å². The van der Waals surface area contributed by atoms with Gasteiger partial charge in [-0.2, -0.15) is 0 Å². The van der Waals surface area contributed by atoms with E-state index in [2.05, 4.69) is 10.1 Å². The lowest BCUT2D eigenvalue weighted by Gasteiger charge is -2.07. The number of nitrogens with zero attached hydrogens (tertiary/aromatic N) is 2. The smallest absolute Gasteiger partial charge is 0.130 e. The van der Waals surface area contributed by atoms with E-state index in [0.717, 1.165) is 22.7 Å². The Bertz CT molecular complexity index is 594. The number of pyridine rings is 1. The standard InChI is InChI=1S/C15H16N2O2/c1-11-5-3-7-14(16-11)10-19-15-8-4-6-13(9-15)12(2)17-18/h3-9,18H,10H2,1-2H3. The Morgan fingerprint density at radius 1 is 1.26 bits per heavy atom. The predicted octanol–water partition coefficient (Wildman–Crippen LogP) is 3.17. The van der Waals surface area contributed by atoms with Crippen LogP contribution in [-0.2, 0) is 6.61 Å². The Hall–Kier alpha value is -2.36. The summed E-state index contributed by atoms with van der Waals surface area (Å²) in [4.78, 5) is 4.37. The van der Waals surface area contributed by atoms with Gasteiger partial charge < -0.3 is 9.94 Å². The number of aryl methyl sites for hydroxylation is 1. The molecule has 0 amide bonds. The lowest BCUT2D eigenvalue weighted by molar-refractivity contribution is 0.301. The maximum absolute atomic E-state index is 8.75. The van der Waals surface area contributed by atoms with E-state index in [1.165, 1.54) is 0 Å². The molecule has 0 fully saturated rings. The monoisotopic (exact) mass is 256 g/mol. The van der Waals surface area contributed by atoms with Crippen LogP contribution in [0, 0.1) is 6.92 Å². The molecule has 1 aromatic carbocycles. The minimum absolute atomic E-state index is 0.417. The molecule has 4 heteroatoms. The fourth-order valence-electron chi connectivity index (χ4n) is 1.71. The van der Waals surface area contributed by atoms with Crippen LogP contribution >= 0.6 is 0 Å². The van der Waals surface area contributed by atoms with Crippen LogP contribution in [0.25, 0.3) is 0 Å². The summed E-state index contributed by atoms with van der Waals surface area (Å²) in [6.45, 7) is 4.10. The van der Waals surface area contributed by atoms with Crippen molar-refractivity contribution in [3.05, 3.63) is 59.4 Å². The summed E-state index contributed by atoms with van der Waals surface area (Å²) < 4.78 is 5.68. The molecule has 0 aliphatic carbocycles. The van der Waals surface area contributed by atoms with Crippen LogP contribution in [0.4, 0.5) is 0 Å². The van der Waals surface area contributed by atoms with E-state index in [0.29, 0.717) is 12.3 Å². The van der Waals surface area contributed by atoms with Crippen molar-refractivity contribution in [1.82, 2.24) is 4.98 Å². The van der Waals surface area contributed by atoms with Crippen molar-refractivity contribution < 1.29 is 9.94 Å². The zero-order valence-electron chi connectivity index (χ0n) is 11.0. The largest absolute Gasteiger partial charge is 0.487 e. The minimum atomic E-state index is 0.417. The summed E-state index contributed by atoms with van der Waals surface area (Å²) >= 11 is 0. The molecule has 98 valence electrons. The third-order valence-corrected chi connectivity index (χ3v) is 2.73. The number of hydrogen-bond donors (Lipinski definition) is 1. The number of hydrogen-bond acceptors (Lipinski definition) is 4. The Morgan fingerprint density at radius 3 is 2.79 bits per heavy atom. The molecule has 0 saturated carbocycles. The molecule has 4 nitrogen and oxygen atoms in total. The number of rotatable bonds is 4. The van der Waals surface area contributed by atoms with Crippen molar-refractivity contribution in [3.8, 4) is 5.75 Å². The van der Waals surface area contributed by atoms with Crippen molar-refractivity contribution in [3.63, 3.8) is 0 Å². The summed E-state index contributed by atoms with van der Waals surface area (Å²) in [6, 6.07) is 13.3. The molecule has 0 radical (unpaired) electrons. The van der Waals surface area contributed by atoms with Crippen LogP contribution in [0.2, 0.25) is 0 Å². The molecule has 0 unspecified atom stereocenters. The lowest BCUT2D eigenvalue weighted by atomic mass is 10.1. The highest BCUT2D eigenvalue weighted by Gasteiger charge is 2.02. The Kier molecular flexibility index (Phi) is 4.13. The van der Waals surface area contributed by atoms with Gasteiger partial charge in [0.15, 0.2) is 0 Å². The zero-order chi connectivity index (χ0) is 13.7. The molecule has 1 heterocycles. The molecule has 2 aromatic rings. The van der Waals surface area contributed by atoms with E-state index in [4.69, 9.17) is 9.94 Å². The molecule has 0 spiro atoms. The second kappa shape index (κ2) is 6.00. The Labute approximate surface area is 112 Å². The second-order valence-electron chi connectivity index (χ2n) is 4.27. The second-order valence-corrected chi connectivity index (χ2v) is 4.27. The molecule has 1 aromatic heterocycles. The van der Waals surface area contributed by atoms with Crippen LogP contribution in [0.15, 0.2) is 47.6 Å². The minimum Gasteiger partial charge on any atom is -0.487 e. The van der Waals surface area contributed by atoms with Gasteiger partial charge in [0.05, 0.1) is 11.4 Å². The molecular formula is C15H16N2O2. The van der Waals surface area contributed by atoms with Crippen molar-refractivity contribution >= 4 is 5.71 Å². The maximum Gasteiger partial charge on any atom is 0.130 e. The molecule has 0 saturated heterocycles. The molecule has 19 heavy (non-hydrogen) atoms. The fourth-order valence-corrected chi connectivity index (χ4v) is 1.71. The zero-order valence-corrected chi connectivity index (χ0v) is 11.0. The highest BCUT2D eigenvalue weighted by Crippen LogP contribution is 2.15. The number of ether oxygens (including phenoxy) is 1. The highest BCUT2D eigenvalue weighted by atomic mass is 16.5. The van der Waals surface area contributed by atoms with Crippen LogP contribution < -0.4 is 4.74 Å². The SMILES string of the molecule is CC(=NO)c1cccc(OCc2cccc(C)n2)c1. The highest BCUT2D eigenvalue weighted by molar-refractivity contribution is 5.98. The summed E-state index contributed by atoms with van der Waals surface area (Å²) in [5.74, 6) is 0.726. The third kappa shape index (κ3) is 3.55. The summed E-state index contributed by atoms with van der Waals surface area (Å²) in [6.07, 6.45) is 0. The van der Waals surface area contributed by atoms with Crippen molar-refractivity contribution in [2.45, 2.75) is 20.5 Å². The van der Waals surface area contributed by atoms with E-state index in [9.17, 15) is 0 Å². The average Bonchev–Trinajstić information content (AvgIpc) is 2.45. The molecule has 0 aliphatic heterocycles. The fraction of sp³-hybridized carbons (Fsp3) is 0.200.